The molecular formula is C14H20F3NO. The van der Waals surface area contributed by atoms with E-state index in [4.69, 9.17) is 0 Å². The molecule has 0 heterocycles. The van der Waals surface area contributed by atoms with E-state index in [2.05, 4.69) is 5.32 Å². The fourth-order valence-electron chi connectivity index (χ4n) is 1.77. The Morgan fingerprint density at radius 1 is 1.21 bits per heavy atom. The molecule has 1 unspecified atom stereocenters. The van der Waals surface area contributed by atoms with Crippen molar-refractivity contribution in [2.75, 3.05) is 13.1 Å². The van der Waals surface area contributed by atoms with E-state index in [1.807, 2.05) is 6.92 Å². The Morgan fingerprint density at radius 2 is 1.84 bits per heavy atom. The van der Waals surface area contributed by atoms with Gasteiger partial charge in [0.2, 0.25) is 0 Å². The van der Waals surface area contributed by atoms with Crippen LogP contribution >= 0.6 is 0 Å². The number of nitrogens with one attached hydrogen (secondary N) is 1. The van der Waals surface area contributed by atoms with Crippen LogP contribution in [0.5, 0.6) is 0 Å². The molecule has 1 atom stereocenters. The summed E-state index contributed by atoms with van der Waals surface area (Å²) in [6.45, 7) is 4.54. The summed E-state index contributed by atoms with van der Waals surface area (Å²) in [6, 6.07) is 4.83. The second-order valence-electron chi connectivity index (χ2n) is 4.88. The Balaban J connectivity index is 2.77. The summed E-state index contributed by atoms with van der Waals surface area (Å²) in [5, 5.41) is 13.3. The molecule has 0 radical (unpaired) electrons. The monoisotopic (exact) mass is 275 g/mol. The third-order valence-corrected chi connectivity index (χ3v) is 2.99. The summed E-state index contributed by atoms with van der Waals surface area (Å²) in [5.74, 6) is 0. The molecule has 0 amide bonds. The van der Waals surface area contributed by atoms with Crippen molar-refractivity contribution in [3.63, 3.8) is 0 Å². The molecule has 1 aromatic rings. The highest BCUT2D eigenvalue weighted by Crippen LogP contribution is 2.31. The van der Waals surface area contributed by atoms with Crippen LogP contribution in [0, 0.1) is 0 Å². The number of halogens is 3. The highest BCUT2D eigenvalue weighted by Gasteiger charge is 2.32. The number of hydrogen-bond acceptors (Lipinski definition) is 2. The fourth-order valence-corrected chi connectivity index (χ4v) is 1.77. The van der Waals surface area contributed by atoms with Gasteiger partial charge in [0.15, 0.2) is 0 Å². The van der Waals surface area contributed by atoms with E-state index < -0.39 is 17.3 Å². The predicted octanol–water partition coefficient (Wildman–Crippen LogP) is 3.30. The lowest BCUT2D eigenvalue weighted by atomic mass is 9.94. The molecule has 0 aliphatic carbocycles. The van der Waals surface area contributed by atoms with Crippen molar-refractivity contribution in [2.45, 2.75) is 38.5 Å². The molecular weight excluding hydrogens is 255 g/mol. The van der Waals surface area contributed by atoms with Gasteiger partial charge in [0.05, 0.1) is 11.2 Å². The van der Waals surface area contributed by atoms with Crippen molar-refractivity contribution in [1.29, 1.82) is 0 Å². The molecule has 2 nitrogen and oxygen atoms in total. The molecule has 0 aliphatic rings. The molecule has 0 aliphatic heterocycles. The summed E-state index contributed by atoms with van der Waals surface area (Å²) in [5.41, 5.74) is -1.78. The normalized spacial score (nSPS) is 15.3. The molecule has 0 saturated heterocycles. The van der Waals surface area contributed by atoms with Gasteiger partial charge in [-0.05, 0) is 37.6 Å². The Labute approximate surface area is 111 Å². The number of alkyl halides is 3. The van der Waals surface area contributed by atoms with Crippen LogP contribution in [0.25, 0.3) is 0 Å². The average Bonchev–Trinajstić information content (AvgIpc) is 2.34. The van der Waals surface area contributed by atoms with Crippen LogP contribution in [0.15, 0.2) is 24.3 Å². The molecule has 0 saturated carbocycles. The third-order valence-electron chi connectivity index (χ3n) is 2.99. The van der Waals surface area contributed by atoms with Gasteiger partial charge in [0.1, 0.15) is 0 Å². The number of aliphatic hydroxyl groups is 1. The first-order valence-corrected chi connectivity index (χ1v) is 6.38. The van der Waals surface area contributed by atoms with Crippen LogP contribution in [-0.4, -0.2) is 18.2 Å². The molecule has 0 aromatic heterocycles. The van der Waals surface area contributed by atoms with Crippen molar-refractivity contribution in [3.05, 3.63) is 35.4 Å². The van der Waals surface area contributed by atoms with Crippen LogP contribution in [0.3, 0.4) is 0 Å². The minimum Gasteiger partial charge on any atom is -0.384 e. The van der Waals surface area contributed by atoms with Gasteiger partial charge in [-0.3, -0.25) is 0 Å². The first kappa shape index (κ1) is 16.0. The molecule has 0 fully saturated rings. The van der Waals surface area contributed by atoms with Crippen LogP contribution in [-0.2, 0) is 11.8 Å². The van der Waals surface area contributed by atoms with Gasteiger partial charge >= 0.3 is 6.18 Å². The maximum Gasteiger partial charge on any atom is 0.416 e. The quantitative estimate of drug-likeness (QED) is 0.781. The van der Waals surface area contributed by atoms with E-state index in [0.717, 1.165) is 31.5 Å². The first-order valence-electron chi connectivity index (χ1n) is 6.38. The van der Waals surface area contributed by atoms with Crippen molar-refractivity contribution >= 4 is 0 Å². The predicted molar refractivity (Wildman–Crippen MR) is 68.8 cm³/mol. The van der Waals surface area contributed by atoms with Gasteiger partial charge in [-0.25, -0.2) is 0 Å². The van der Waals surface area contributed by atoms with Gasteiger partial charge in [0, 0.05) is 6.54 Å². The summed E-state index contributed by atoms with van der Waals surface area (Å²) in [7, 11) is 0. The zero-order chi connectivity index (χ0) is 14.5. The van der Waals surface area contributed by atoms with Gasteiger partial charge in [-0.1, -0.05) is 25.5 Å². The Hall–Kier alpha value is -1.07. The molecule has 19 heavy (non-hydrogen) atoms. The minimum atomic E-state index is -4.39. The average molecular weight is 275 g/mol. The number of benzene rings is 1. The zero-order valence-electron chi connectivity index (χ0n) is 11.2. The van der Waals surface area contributed by atoms with Gasteiger partial charge < -0.3 is 10.4 Å². The second kappa shape index (κ2) is 6.39. The Morgan fingerprint density at radius 3 is 2.42 bits per heavy atom. The summed E-state index contributed by atoms with van der Waals surface area (Å²) in [4.78, 5) is 0. The number of rotatable bonds is 6. The smallest absolute Gasteiger partial charge is 0.384 e. The maximum atomic E-state index is 12.6. The summed E-state index contributed by atoms with van der Waals surface area (Å²) in [6.07, 6.45) is -2.39. The van der Waals surface area contributed by atoms with E-state index in [9.17, 15) is 18.3 Å². The van der Waals surface area contributed by atoms with E-state index in [1.54, 1.807) is 0 Å². The van der Waals surface area contributed by atoms with Crippen LogP contribution in [0.2, 0.25) is 0 Å². The highest BCUT2D eigenvalue weighted by atomic mass is 19.4. The Kier molecular flexibility index (Phi) is 5.38. The number of unbranched alkanes of at least 4 members (excludes halogenated alkanes) is 1. The maximum absolute atomic E-state index is 12.6. The van der Waals surface area contributed by atoms with Crippen LogP contribution in [0.1, 0.15) is 37.8 Å². The lowest BCUT2D eigenvalue weighted by molar-refractivity contribution is -0.137. The van der Waals surface area contributed by atoms with E-state index >= 15 is 0 Å². The lowest BCUT2D eigenvalue weighted by Gasteiger charge is -2.25. The molecule has 0 bridgehead atoms. The van der Waals surface area contributed by atoms with Gasteiger partial charge in [-0.2, -0.15) is 13.2 Å². The summed E-state index contributed by atoms with van der Waals surface area (Å²) >= 11 is 0. The van der Waals surface area contributed by atoms with Crippen molar-refractivity contribution in [2.24, 2.45) is 0 Å². The fraction of sp³-hybridized carbons (Fsp3) is 0.571. The third kappa shape index (κ3) is 4.84. The van der Waals surface area contributed by atoms with Crippen molar-refractivity contribution in [1.82, 2.24) is 5.32 Å². The van der Waals surface area contributed by atoms with Gasteiger partial charge in [0.25, 0.3) is 0 Å². The lowest BCUT2D eigenvalue weighted by Crippen LogP contribution is -2.36. The zero-order valence-corrected chi connectivity index (χ0v) is 11.2. The van der Waals surface area contributed by atoms with E-state index in [0.29, 0.717) is 0 Å². The highest BCUT2D eigenvalue weighted by molar-refractivity contribution is 5.29. The second-order valence-corrected chi connectivity index (χ2v) is 4.88. The van der Waals surface area contributed by atoms with Gasteiger partial charge in [-0.15, -0.1) is 0 Å². The molecule has 1 aromatic carbocycles. The number of hydrogen-bond donors (Lipinski definition) is 2. The van der Waals surface area contributed by atoms with E-state index in [-0.39, 0.29) is 12.1 Å². The molecule has 0 spiro atoms. The Bertz CT molecular complexity index is 402. The van der Waals surface area contributed by atoms with Crippen molar-refractivity contribution < 1.29 is 18.3 Å². The first-order chi connectivity index (χ1) is 8.77. The molecule has 2 N–H and O–H groups in total. The largest absolute Gasteiger partial charge is 0.416 e. The van der Waals surface area contributed by atoms with Crippen LogP contribution < -0.4 is 5.32 Å². The molecule has 5 heteroatoms. The topological polar surface area (TPSA) is 32.3 Å². The van der Waals surface area contributed by atoms with Crippen LogP contribution in [0.4, 0.5) is 13.2 Å². The van der Waals surface area contributed by atoms with E-state index in [1.165, 1.54) is 19.1 Å². The standard InChI is InChI=1S/C14H20F3NO/c1-3-4-8-18-10-13(2,19)11-6-5-7-12(9-11)14(15,16)17/h5-7,9,18-19H,3-4,8,10H2,1-2H3. The molecule has 1 rings (SSSR count). The SMILES string of the molecule is CCCCNCC(C)(O)c1cccc(C(F)(F)F)c1. The minimum absolute atomic E-state index is 0.230. The van der Waals surface area contributed by atoms with Crippen molar-refractivity contribution in [3.8, 4) is 0 Å². The summed E-state index contributed by atoms with van der Waals surface area (Å²) < 4.78 is 37.8. The molecule has 108 valence electrons.